The fourth-order valence-electron chi connectivity index (χ4n) is 4.20. The SMILES string of the molecule is COCCCN(C)Cc1ccc(NC(=O)C2=Cc3cc(-c4ccc(C)cc4)ccc3SCC2)cc1. The van der Waals surface area contributed by atoms with Crippen LogP contribution in [0.1, 0.15) is 29.5 Å². The average molecular weight is 487 g/mol. The van der Waals surface area contributed by atoms with E-state index in [9.17, 15) is 4.79 Å². The monoisotopic (exact) mass is 486 g/mol. The molecule has 0 radical (unpaired) electrons. The van der Waals surface area contributed by atoms with Crippen molar-refractivity contribution in [1.82, 2.24) is 4.90 Å². The van der Waals surface area contributed by atoms with E-state index in [1.165, 1.54) is 27.1 Å². The van der Waals surface area contributed by atoms with Crippen LogP contribution in [0.4, 0.5) is 5.69 Å². The van der Waals surface area contributed by atoms with Crippen molar-refractivity contribution in [3.8, 4) is 11.1 Å². The maximum atomic E-state index is 13.1. The molecule has 0 atom stereocenters. The lowest BCUT2D eigenvalue weighted by molar-refractivity contribution is -0.112. The highest BCUT2D eigenvalue weighted by atomic mass is 32.2. The summed E-state index contributed by atoms with van der Waals surface area (Å²) in [6.07, 6.45) is 3.82. The highest BCUT2D eigenvalue weighted by molar-refractivity contribution is 7.99. The van der Waals surface area contributed by atoms with E-state index < -0.39 is 0 Å². The highest BCUT2D eigenvalue weighted by Gasteiger charge is 2.16. The third-order valence-corrected chi connectivity index (χ3v) is 7.29. The summed E-state index contributed by atoms with van der Waals surface area (Å²) in [7, 11) is 3.85. The van der Waals surface area contributed by atoms with E-state index in [1.54, 1.807) is 7.11 Å². The van der Waals surface area contributed by atoms with Gasteiger partial charge in [0.2, 0.25) is 0 Å². The molecule has 0 saturated heterocycles. The number of anilines is 1. The number of hydrogen-bond donors (Lipinski definition) is 1. The number of aryl methyl sites for hydroxylation is 1. The molecule has 3 aromatic carbocycles. The molecule has 1 aliphatic rings. The molecule has 1 heterocycles. The fourth-order valence-corrected chi connectivity index (χ4v) is 5.19. The van der Waals surface area contributed by atoms with Gasteiger partial charge in [0, 0.05) is 48.7 Å². The summed E-state index contributed by atoms with van der Waals surface area (Å²) in [5.41, 5.74) is 7.60. The number of carbonyl (C=O) groups excluding carboxylic acids is 1. The summed E-state index contributed by atoms with van der Waals surface area (Å²) < 4.78 is 5.13. The van der Waals surface area contributed by atoms with Gasteiger partial charge in [0.15, 0.2) is 0 Å². The standard InChI is InChI=1S/C30H34N2O2S/c1-22-5-9-24(10-6-22)25-11-14-29-27(19-25)20-26(15-18-35-29)30(33)31-28-12-7-23(8-13-28)21-32(2)16-4-17-34-3/h5-14,19-20H,4,15-18,21H2,1-3H3,(H,31,33). The van der Waals surface area contributed by atoms with E-state index in [2.05, 4.69) is 84.9 Å². The molecule has 5 heteroatoms. The van der Waals surface area contributed by atoms with E-state index in [4.69, 9.17) is 4.74 Å². The molecule has 0 saturated carbocycles. The van der Waals surface area contributed by atoms with Crippen LogP contribution in [0.15, 0.2) is 77.2 Å². The number of carbonyl (C=O) groups is 1. The Hall–Kier alpha value is -2.86. The van der Waals surface area contributed by atoms with Crippen molar-refractivity contribution < 1.29 is 9.53 Å². The number of nitrogens with one attached hydrogen (secondary N) is 1. The van der Waals surface area contributed by atoms with Crippen LogP contribution in [0.3, 0.4) is 0 Å². The van der Waals surface area contributed by atoms with Crippen LogP contribution in [-0.2, 0) is 16.1 Å². The molecule has 0 aliphatic carbocycles. The second-order valence-corrected chi connectivity index (χ2v) is 10.3. The zero-order valence-electron chi connectivity index (χ0n) is 20.8. The van der Waals surface area contributed by atoms with Gasteiger partial charge in [0.1, 0.15) is 0 Å². The van der Waals surface area contributed by atoms with Gasteiger partial charge in [-0.15, -0.1) is 11.8 Å². The zero-order chi connectivity index (χ0) is 24.6. The van der Waals surface area contributed by atoms with Crippen LogP contribution >= 0.6 is 11.8 Å². The molecule has 0 bridgehead atoms. The first kappa shape index (κ1) is 25.2. The maximum absolute atomic E-state index is 13.1. The molecule has 1 amide bonds. The van der Waals surface area contributed by atoms with Gasteiger partial charge in [-0.25, -0.2) is 0 Å². The van der Waals surface area contributed by atoms with Crippen molar-refractivity contribution in [3.05, 3.63) is 89.0 Å². The Morgan fingerprint density at radius 2 is 1.77 bits per heavy atom. The summed E-state index contributed by atoms with van der Waals surface area (Å²) in [6, 6.07) is 23.3. The molecule has 4 nitrogen and oxygen atoms in total. The second kappa shape index (κ2) is 12.2. The zero-order valence-corrected chi connectivity index (χ0v) is 21.7. The van der Waals surface area contributed by atoms with Gasteiger partial charge in [-0.1, -0.05) is 48.0 Å². The Labute approximate surface area is 213 Å². The van der Waals surface area contributed by atoms with Crippen molar-refractivity contribution in [2.45, 2.75) is 31.2 Å². The normalized spacial score (nSPS) is 13.2. The molecular weight excluding hydrogens is 452 g/mol. The minimum Gasteiger partial charge on any atom is -0.385 e. The lowest BCUT2D eigenvalue weighted by atomic mass is 10.0. The summed E-state index contributed by atoms with van der Waals surface area (Å²) in [5, 5.41) is 3.10. The number of thioether (sulfide) groups is 1. The molecule has 4 rings (SSSR count). The molecule has 1 N–H and O–H groups in total. The Bertz CT molecular complexity index is 1170. The lowest BCUT2D eigenvalue weighted by Crippen LogP contribution is -2.20. The Morgan fingerprint density at radius 3 is 2.51 bits per heavy atom. The van der Waals surface area contributed by atoms with Crippen molar-refractivity contribution in [3.63, 3.8) is 0 Å². The van der Waals surface area contributed by atoms with E-state index in [0.717, 1.165) is 55.1 Å². The van der Waals surface area contributed by atoms with Gasteiger partial charge >= 0.3 is 0 Å². The molecule has 35 heavy (non-hydrogen) atoms. The van der Waals surface area contributed by atoms with Crippen LogP contribution in [0.25, 0.3) is 17.2 Å². The lowest BCUT2D eigenvalue weighted by Gasteiger charge is -2.16. The first-order valence-electron chi connectivity index (χ1n) is 12.1. The number of methoxy groups -OCH3 is 1. The van der Waals surface area contributed by atoms with Crippen LogP contribution < -0.4 is 5.32 Å². The number of rotatable bonds is 9. The number of nitrogens with zero attached hydrogens (tertiary/aromatic N) is 1. The maximum Gasteiger partial charge on any atom is 0.251 e. The Kier molecular flexibility index (Phi) is 8.80. The van der Waals surface area contributed by atoms with Gasteiger partial charge in [0.25, 0.3) is 5.91 Å². The van der Waals surface area contributed by atoms with E-state index in [-0.39, 0.29) is 5.91 Å². The second-order valence-electron chi connectivity index (χ2n) is 9.12. The van der Waals surface area contributed by atoms with Gasteiger partial charge in [-0.3, -0.25) is 4.79 Å². The fraction of sp³-hybridized carbons (Fsp3) is 0.300. The van der Waals surface area contributed by atoms with E-state index in [1.807, 2.05) is 23.9 Å². The van der Waals surface area contributed by atoms with Crippen molar-refractivity contribution in [2.24, 2.45) is 0 Å². The molecule has 1 aliphatic heterocycles. The molecule has 3 aromatic rings. The first-order valence-corrected chi connectivity index (χ1v) is 13.1. The number of hydrogen-bond acceptors (Lipinski definition) is 4. The third-order valence-electron chi connectivity index (χ3n) is 6.20. The predicted molar refractivity (Wildman–Crippen MR) is 148 cm³/mol. The minimum absolute atomic E-state index is 0.0244. The Balaban J connectivity index is 1.43. The quantitative estimate of drug-likeness (QED) is 0.344. The topological polar surface area (TPSA) is 41.6 Å². The van der Waals surface area contributed by atoms with Gasteiger partial charge < -0.3 is 15.0 Å². The van der Waals surface area contributed by atoms with E-state index in [0.29, 0.717) is 0 Å². The minimum atomic E-state index is -0.0244. The number of ether oxygens (including phenoxy) is 1. The van der Waals surface area contributed by atoms with Crippen LogP contribution in [-0.4, -0.2) is 43.9 Å². The molecule has 0 spiro atoms. The largest absolute Gasteiger partial charge is 0.385 e. The van der Waals surface area contributed by atoms with E-state index >= 15 is 0 Å². The average Bonchev–Trinajstić information content (AvgIpc) is 3.08. The third kappa shape index (κ3) is 7.07. The van der Waals surface area contributed by atoms with Crippen molar-refractivity contribution in [1.29, 1.82) is 0 Å². The summed E-state index contributed by atoms with van der Waals surface area (Å²) in [6.45, 7) is 4.74. The molecule has 0 unspecified atom stereocenters. The molecule has 0 fully saturated rings. The number of fused-ring (bicyclic) bond motifs is 1. The molecule has 182 valence electrons. The summed E-state index contributed by atoms with van der Waals surface area (Å²) in [4.78, 5) is 16.6. The molecular formula is C30H34N2O2S. The highest BCUT2D eigenvalue weighted by Crippen LogP contribution is 2.34. The number of amides is 1. The van der Waals surface area contributed by atoms with Gasteiger partial charge in [-0.2, -0.15) is 0 Å². The summed E-state index contributed by atoms with van der Waals surface area (Å²) >= 11 is 1.81. The van der Waals surface area contributed by atoms with Crippen LogP contribution in [0.5, 0.6) is 0 Å². The van der Waals surface area contributed by atoms with Crippen molar-refractivity contribution in [2.75, 3.05) is 38.4 Å². The van der Waals surface area contributed by atoms with Crippen LogP contribution in [0, 0.1) is 6.92 Å². The first-order chi connectivity index (χ1) is 17.0. The molecule has 0 aromatic heterocycles. The smallest absolute Gasteiger partial charge is 0.251 e. The Morgan fingerprint density at radius 1 is 1.03 bits per heavy atom. The van der Waals surface area contributed by atoms with Gasteiger partial charge in [-0.05, 0) is 79.4 Å². The number of benzene rings is 3. The van der Waals surface area contributed by atoms with Crippen LogP contribution in [0.2, 0.25) is 0 Å². The van der Waals surface area contributed by atoms with Gasteiger partial charge in [0.05, 0.1) is 0 Å². The summed E-state index contributed by atoms with van der Waals surface area (Å²) in [5.74, 6) is 0.869. The predicted octanol–water partition coefficient (Wildman–Crippen LogP) is 6.65. The van der Waals surface area contributed by atoms with Crippen molar-refractivity contribution >= 4 is 29.4 Å².